The monoisotopic (exact) mass is 375 g/mol. The highest BCUT2D eigenvalue weighted by molar-refractivity contribution is 6.31. The molecule has 26 heavy (non-hydrogen) atoms. The SMILES string of the molecule is Cc1nc2ccc(Cl)cc2cc1C(=O)NC[C@H](C(C)C)N1CCOCC1. The Hall–Kier alpha value is -1.69. The van der Waals surface area contributed by atoms with Gasteiger partial charge in [-0.3, -0.25) is 14.7 Å². The minimum Gasteiger partial charge on any atom is -0.379 e. The lowest BCUT2D eigenvalue weighted by molar-refractivity contribution is 0.00672. The average molecular weight is 376 g/mol. The van der Waals surface area contributed by atoms with Crippen LogP contribution in [0.4, 0.5) is 0 Å². The maximum absolute atomic E-state index is 12.8. The van der Waals surface area contributed by atoms with Crippen LogP contribution in [-0.2, 0) is 4.74 Å². The lowest BCUT2D eigenvalue weighted by atomic mass is 10.0. The number of hydrogen-bond donors (Lipinski definition) is 1. The maximum atomic E-state index is 12.8. The summed E-state index contributed by atoms with van der Waals surface area (Å²) in [5.41, 5.74) is 2.17. The highest BCUT2D eigenvalue weighted by Gasteiger charge is 2.24. The average Bonchev–Trinajstić information content (AvgIpc) is 2.62. The number of morpholine rings is 1. The molecule has 1 saturated heterocycles. The Morgan fingerprint density at radius 2 is 2.04 bits per heavy atom. The number of nitrogens with zero attached hydrogens (tertiary/aromatic N) is 2. The molecule has 2 aromatic rings. The van der Waals surface area contributed by atoms with E-state index in [0.29, 0.717) is 29.1 Å². The fraction of sp³-hybridized carbons (Fsp3) is 0.500. The molecule has 0 aliphatic carbocycles. The third kappa shape index (κ3) is 4.34. The second kappa shape index (κ2) is 8.33. The summed E-state index contributed by atoms with van der Waals surface area (Å²) in [5, 5.41) is 4.62. The van der Waals surface area contributed by atoms with Gasteiger partial charge in [0.2, 0.25) is 0 Å². The molecule has 0 unspecified atom stereocenters. The number of hydrogen-bond acceptors (Lipinski definition) is 4. The van der Waals surface area contributed by atoms with Gasteiger partial charge in [0, 0.05) is 36.1 Å². The van der Waals surface area contributed by atoms with Crippen LogP contribution < -0.4 is 5.32 Å². The number of ether oxygens (including phenoxy) is 1. The van der Waals surface area contributed by atoms with E-state index in [-0.39, 0.29) is 5.91 Å². The van der Waals surface area contributed by atoms with Gasteiger partial charge in [0.25, 0.3) is 5.91 Å². The van der Waals surface area contributed by atoms with E-state index in [1.165, 1.54) is 0 Å². The summed E-state index contributed by atoms with van der Waals surface area (Å²) in [5.74, 6) is 0.360. The molecule has 0 radical (unpaired) electrons. The number of aryl methyl sites for hydroxylation is 1. The number of carbonyl (C=O) groups excluding carboxylic acids is 1. The van der Waals surface area contributed by atoms with Gasteiger partial charge in [0.1, 0.15) is 0 Å². The van der Waals surface area contributed by atoms with Gasteiger partial charge in [-0.05, 0) is 37.1 Å². The number of nitrogens with one attached hydrogen (secondary N) is 1. The third-order valence-electron chi connectivity index (χ3n) is 4.97. The van der Waals surface area contributed by atoms with E-state index < -0.39 is 0 Å². The van der Waals surface area contributed by atoms with E-state index in [1.54, 1.807) is 0 Å². The molecule has 0 saturated carbocycles. The number of halogens is 1. The molecule has 1 aliphatic heterocycles. The van der Waals surface area contributed by atoms with Crippen LogP contribution in [0.15, 0.2) is 24.3 Å². The van der Waals surface area contributed by atoms with Gasteiger partial charge in [-0.25, -0.2) is 0 Å². The minimum absolute atomic E-state index is 0.0872. The summed E-state index contributed by atoms with van der Waals surface area (Å²) in [4.78, 5) is 19.7. The van der Waals surface area contributed by atoms with E-state index in [9.17, 15) is 4.79 Å². The van der Waals surface area contributed by atoms with Gasteiger partial charge in [0.15, 0.2) is 0 Å². The first-order chi connectivity index (χ1) is 12.5. The Balaban J connectivity index is 1.74. The molecule has 5 nitrogen and oxygen atoms in total. The predicted octanol–water partition coefficient (Wildman–Crippen LogP) is 3.28. The molecular weight excluding hydrogens is 350 g/mol. The van der Waals surface area contributed by atoms with Crippen LogP contribution in [0.1, 0.15) is 29.9 Å². The first-order valence-electron chi connectivity index (χ1n) is 9.12. The molecule has 1 fully saturated rings. The summed E-state index contributed by atoms with van der Waals surface area (Å²) >= 11 is 6.07. The zero-order valence-corrected chi connectivity index (χ0v) is 16.3. The van der Waals surface area contributed by atoms with E-state index >= 15 is 0 Å². The molecule has 6 heteroatoms. The van der Waals surface area contributed by atoms with Crippen molar-refractivity contribution in [3.05, 3.63) is 40.5 Å². The van der Waals surface area contributed by atoms with E-state index in [1.807, 2.05) is 31.2 Å². The predicted molar refractivity (Wildman–Crippen MR) is 105 cm³/mol. The Morgan fingerprint density at radius 1 is 1.31 bits per heavy atom. The van der Waals surface area contributed by atoms with Gasteiger partial charge < -0.3 is 10.1 Å². The third-order valence-corrected chi connectivity index (χ3v) is 5.20. The van der Waals surface area contributed by atoms with E-state index in [4.69, 9.17) is 16.3 Å². The molecule has 1 aliphatic rings. The van der Waals surface area contributed by atoms with Crippen LogP contribution in [0.5, 0.6) is 0 Å². The Morgan fingerprint density at radius 3 is 2.73 bits per heavy atom. The zero-order chi connectivity index (χ0) is 18.7. The van der Waals surface area contributed by atoms with Crippen molar-refractivity contribution in [3.63, 3.8) is 0 Å². The van der Waals surface area contributed by atoms with Crippen molar-refractivity contribution >= 4 is 28.4 Å². The maximum Gasteiger partial charge on any atom is 0.253 e. The summed E-state index contributed by atoms with van der Waals surface area (Å²) in [7, 11) is 0. The number of aromatic nitrogens is 1. The molecule has 1 N–H and O–H groups in total. The summed E-state index contributed by atoms with van der Waals surface area (Å²) < 4.78 is 5.44. The first-order valence-corrected chi connectivity index (χ1v) is 9.50. The van der Waals surface area contributed by atoms with Crippen LogP contribution in [0, 0.1) is 12.8 Å². The van der Waals surface area contributed by atoms with Gasteiger partial charge in [0.05, 0.1) is 30.0 Å². The van der Waals surface area contributed by atoms with Gasteiger partial charge >= 0.3 is 0 Å². The molecule has 1 amide bonds. The van der Waals surface area contributed by atoms with Crippen molar-refractivity contribution in [2.45, 2.75) is 26.8 Å². The van der Waals surface area contributed by atoms with Crippen LogP contribution in [-0.4, -0.2) is 54.7 Å². The van der Waals surface area contributed by atoms with Crippen molar-refractivity contribution in [1.29, 1.82) is 0 Å². The highest BCUT2D eigenvalue weighted by atomic mass is 35.5. The summed E-state index contributed by atoms with van der Waals surface area (Å²) in [6, 6.07) is 7.69. The lowest BCUT2D eigenvalue weighted by Gasteiger charge is -2.36. The number of rotatable bonds is 5. The van der Waals surface area contributed by atoms with Crippen molar-refractivity contribution in [3.8, 4) is 0 Å². The summed E-state index contributed by atoms with van der Waals surface area (Å²) in [6.45, 7) is 10.2. The number of carbonyl (C=O) groups is 1. The topological polar surface area (TPSA) is 54.5 Å². The van der Waals surface area contributed by atoms with Crippen molar-refractivity contribution in [2.75, 3.05) is 32.8 Å². The molecule has 0 bridgehead atoms. The van der Waals surface area contributed by atoms with Crippen molar-refractivity contribution in [1.82, 2.24) is 15.2 Å². The second-order valence-corrected chi connectivity index (χ2v) is 7.56. The standard InChI is InChI=1S/C20H26ClN3O2/c1-13(2)19(24-6-8-26-9-7-24)12-22-20(25)17-11-15-10-16(21)4-5-18(15)23-14(17)3/h4-5,10-11,13,19H,6-9,12H2,1-3H3,(H,22,25)/t19-/m1/s1. The smallest absolute Gasteiger partial charge is 0.253 e. The summed E-state index contributed by atoms with van der Waals surface area (Å²) in [6.07, 6.45) is 0. The first kappa shape index (κ1) is 19.1. The number of benzene rings is 1. The fourth-order valence-electron chi connectivity index (χ4n) is 3.46. The van der Waals surface area contributed by atoms with Crippen LogP contribution in [0.3, 0.4) is 0 Å². The molecule has 140 valence electrons. The van der Waals surface area contributed by atoms with Gasteiger partial charge in [-0.15, -0.1) is 0 Å². The number of pyridine rings is 1. The normalized spacial score (nSPS) is 16.8. The second-order valence-electron chi connectivity index (χ2n) is 7.13. The molecule has 1 aromatic heterocycles. The zero-order valence-electron chi connectivity index (χ0n) is 15.6. The lowest BCUT2D eigenvalue weighted by Crippen LogP contribution is -2.51. The van der Waals surface area contributed by atoms with Crippen LogP contribution in [0.25, 0.3) is 10.9 Å². The number of amides is 1. The van der Waals surface area contributed by atoms with E-state index in [0.717, 1.165) is 42.9 Å². The molecule has 2 heterocycles. The Kier molecular flexibility index (Phi) is 6.12. The molecule has 1 atom stereocenters. The van der Waals surface area contributed by atoms with Gasteiger partial charge in [-0.1, -0.05) is 25.4 Å². The quantitative estimate of drug-likeness (QED) is 0.871. The molecule has 3 rings (SSSR count). The van der Waals surface area contributed by atoms with Crippen molar-refractivity contribution in [2.24, 2.45) is 5.92 Å². The number of fused-ring (bicyclic) bond motifs is 1. The molecule has 1 aromatic carbocycles. The van der Waals surface area contributed by atoms with E-state index in [2.05, 4.69) is 29.0 Å². The largest absolute Gasteiger partial charge is 0.379 e. The molecule has 0 spiro atoms. The van der Waals surface area contributed by atoms with Gasteiger partial charge in [-0.2, -0.15) is 0 Å². The van der Waals surface area contributed by atoms with Crippen LogP contribution >= 0.6 is 11.6 Å². The molecular formula is C20H26ClN3O2. The Bertz CT molecular complexity index is 788. The fourth-order valence-corrected chi connectivity index (χ4v) is 3.64. The van der Waals surface area contributed by atoms with Crippen LogP contribution in [0.2, 0.25) is 5.02 Å². The Labute approximate surface area is 159 Å². The highest BCUT2D eigenvalue weighted by Crippen LogP contribution is 2.21. The van der Waals surface area contributed by atoms with Crippen molar-refractivity contribution < 1.29 is 9.53 Å². The minimum atomic E-state index is -0.0872.